The maximum Gasteiger partial charge on any atom is 0.262 e. The fourth-order valence-corrected chi connectivity index (χ4v) is 4.51. The average Bonchev–Trinajstić information content (AvgIpc) is 2.46. The standard InChI is InChI=1S/C14H18N2O4S/c1-10-4-2-3-7-16(10)21(18,19)11-5-6-13-12(8-11)15-14(17)9-20-13/h5-6,8,10H,2-4,7,9H2,1H3,(H,15,17)/t10-/m1/s1. The normalized spacial score (nSPS) is 23.1. The van der Waals surface area contributed by atoms with Gasteiger partial charge in [0.1, 0.15) is 5.75 Å². The van der Waals surface area contributed by atoms with E-state index in [9.17, 15) is 13.2 Å². The van der Waals surface area contributed by atoms with E-state index in [1.807, 2.05) is 6.92 Å². The molecule has 1 N–H and O–H groups in total. The molecule has 2 aliphatic heterocycles. The van der Waals surface area contributed by atoms with Crippen LogP contribution in [0.3, 0.4) is 0 Å². The Balaban J connectivity index is 1.95. The van der Waals surface area contributed by atoms with E-state index in [4.69, 9.17) is 4.74 Å². The molecule has 2 heterocycles. The molecule has 2 aliphatic rings. The summed E-state index contributed by atoms with van der Waals surface area (Å²) >= 11 is 0. The van der Waals surface area contributed by atoms with Gasteiger partial charge in [0, 0.05) is 12.6 Å². The van der Waals surface area contributed by atoms with Gasteiger partial charge in [-0.2, -0.15) is 4.31 Å². The number of carbonyl (C=O) groups excluding carboxylic acids is 1. The quantitative estimate of drug-likeness (QED) is 0.900. The van der Waals surface area contributed by atoms with E-state index in [0.717, 1.165) is 19.3 Å². The summed E-state index contributed by atoms with van der Waals surface area (Å²) in [6.07, 6.45) is 2.82. The first-order valence-electron chi connectivity index (χ1n) is 7.07. The van der Waals surface area contributed by atoms with E-state index in [2.05, 4.69) is 5.32 Å². The number of fused-ring (bicyclic) bond motifs is 1. The van der Waals surface area contributed by atoms with Crippen molar-refractivity contribution in [1.29, 1.82) is 0 Å². The highest BCUT2D eigenvalue weighted by molar-refractivity contribution is 7.89. The summed E-state index contributed by atoms with van der Waals surface area (Å²) in [4.78, 5) is 11.5. The molecular weight excluding hydrogens is 292 g/mol. The Labute approximate surface area is 124 Å². The number of carbonyl (C=O) groups is 1. The lowest BCUT2D eigenvalue weighted by Gasteiger charge is -2.32. The van der Waals surface area contributed by atoms with Crippen LogP contribution in [0.1, 0.15) is 26.2 Å². The fraction of sp³-hybridized carbons (Fsp3) is 0.500. The molecule has 0 aliphatic carbocycles. The summed E-state index contributed by atoms with van der Waals surface area (Å²) in [6, 6.07) is 4.61. The lowest BCUT2D eigenvalue weighted by molar-refractivity contribution is -0.118. The van der Waals surface area contributed by atoms with Gasteiger partial charge in [-0.05, 0) is 38.0 Å². The van der Waals surface area contributed by atoms with Crippen LogP contribution in [0.15, 0.2) is 23.1 Å². The van der Waals surface area contributed by atoms with Gasteiger partial charge in [-0.1, -0.05) is 6.42 Å². The van der Waals surface area contributed by atoms with Crippen LogP contribution in [0.5, 0.6) is 5.75 Å². The second-order valence-corrected chi connectivity index (χ2v) is 7.35. The smallest absolute Gasteiger partial charge is 0.262 e. The maximum atomic E-state index is 12.7. The SMILES string of the molecule is C[C@@H]1CCCCN1S(=O)(=O)c1ccc2c(c1)NC(=O)CO2. The Morgan fingerprint density at radius 2 is 2.14 bits per heavy atom. The zero-order chi connectivity index (χ0) is 15.0. The van der Waals surface area contributed by atoms with Crippen molar-refractivity contribution >= 4 is 21.6 Å². The summed E-state index contributed by atoms with van der Waals surface area (Å²) in [6.45, 7) is 2.44. The Morgan fingerprint density at radius 1 is 1.33 bits per heavy atom. The number of benzene rings is 1. The first-order chi connectivity index (χ1) is 9.98. The number of amides is 1. The molecule has 0 radical (unpaired) electrons. The molecule has 1 aromatic carbocycles. The molecular formula is C14H18N2O4S. The second-order valence-electron chi connectivity index (χ2n) is 5.46. The topological polar surface area (TPSA) is 75.7 Å². The highest BCUT2D eigenvalue weighted by Gasteiger charge is 2.31. The number of rotatable bonds is 2. The molecule has 0 spiro atoms. The Hall–Kier alpha value is -1.60. The minimum Gasteiger partial charge on any atom is -0.482 e. The molecule has 0 unspecified atom stereocenters. The van der Waals surface area contributed by atoms with E-state index < -0.39 is 10.0 Å². The number of sulfonamides is 1. The number of hydrogen-bond donors (Lipinski definition) is 1. The molecule has 7 heteroatoms. The van der Waals surface area contributed by atoms with Crippen molar-refractivity contribution < 1.29 is 17.9 Å². The van der Waals surface area contributed by atoms with Crippen molar-refractivity contribution in [2.24, 2.45) is 0 Å². The van der Waals surface area contributed by atoms with Crippen molar-refractivity contribution in [3.05, 3.63) is 18.2 Å². The molecule has 1 atom stereocenters. The van der Waals surface area contributed by atoms with Crippen molar-refractivity contribution in [1.82, 2.24) is 4.31 Å². The van der Waals surface area contributed by atoms with Crippen LogP contribution in [-0.2, 0) is 14.8 Å². The number of nitrogens with zero attached hydrogens (tertiary/aromatic N) is 1. The molecule has 1 fully saturated rings. The van der Waals surface area contributed by atoms with Crippen LogP contribution >= 0.6 is 0 Å². The molecule has 1 saturated heterocycles. The van der Waals surface area contributed by atoms with Gasteiger partial charge >= 0.3 is 0 Å². The van der Waals surface area contributed by atoms with Gasteiger partial charge in [0.25, 0.3) is 5.91 Å². The highest BCUT2D eigenvalue weighted by atomic mass is 32.2. The molecule has 0 aromatic heterocycles. The highest BCUT2D eigenvalue weighted by Crippen LogP contribution is 2.32. The molecule has 3 rings (SSSR count). The Kier molecular flexibility index (Phi) is 3.62. The van der Waals surface area contributed by atoms with Gasteiger partial charge in [-0.3, -0.25) is 4.79 Å². The summed E-state index contributed by atoms with van der Waals surface area (Å²) in [5, 5.41) is 2.64. The van der Waals surface area contributed by atoms with Crippen LogP contribution in [0.25, 0.3) is 0 Å². The largest absolute Gasteiger partial charge is 0.482 e. The number of ether oxygens (including phenoxy) is 1. The number of anilines is 1. The number of hydrogen-bond acceptors (Lipinski definition) is 4. The fourth-order valence-electron chi connectivity index (χ4n) is 2.79. The van der Waals surface area contributed by atoms with E-state index in [1.54, 1.807) is 10.4 Å². The van der Waals surface area contributed by atoms with Crippen LogP contribution in [-0.4, -0.2) is 37.8 Å². The zero-order valence-electron chi connectivity index (χ0n) is 11.8. The Morgan fingerprint density at radius 3 is 2.90 bits per heavy atom. The number of nitrogens with one attached hydrogen (secondary N) is 1. The first kappa shape index (κ1) is 14.3. The van der Waals surface area contributed by atoms with E-state index >= 15 is 0 Å². The molecule has 1 aromatic rings. The maximum absolute atomic E-state index is 12.7. The predicted octanol–water partition coefficient (Wildman–Crippen LogP) is 1.58. The molecule has 21 heavy (non-hydrogen) atoms. The molecule has 1 amide bonds. The van der Waals surface area contributed by atoms with Crippen LogP contribution in [0.4, 0.5) is 5.69 Å². The zero-order valence-corrected chi connectivity index (χ0v) is 12.6. The second kappa shape index (κ2) is 5.31. The van der Waals surface area contributed by atoms with Gasteiger partial charge < -0.3 is 10.1 Å². The van der Waals surface area contributed by atoms with E-state index in [1.165, 1.54) is 12.1 Å². The third kappa shape index (κ3) is 2.63. The third-order valence-electron chi connectivity index (χ3n) is 3.93. The molecule has 114 valence electrons. The molecule has 0 saturated carbocycles. The van der Waals surface area contributed by atoms with Crippen molar-refractivity contribution in [2.75, 3.05) is 18.5 Å². The summed E-state index contributed by atoms with van der Waals surface area (Å²) in [7, 11) is -3.54. The minimum absolute atomic E-state index is 0.00521. The van der Waals surface area contributed by atoms with Gasteiger partial charge in [-0.15, -0.1) is 0 Å². The average molecular weight is 310 g/mol. The lowest BCUT2D eigenvalue weighted by atomic mass is 10.1. The summed E-state index contributed by atoms with van der Waals surface area (Å²) in [5.74, 6) is 0.226. The summed E-state index contributed by atoms with van der Waals surface area (Å²) in [5.41, 5.74) is 0.414. The predicted molar refractivity (Wildman–Crippen MR) is 77.8 cm³/mol. The van der Waals surface area contributed by atoms with Gasteiger partial charge in [-0.25, -0.2) is 8.42 Å². The van der Waals surface area contributed by atoms with Crippen LogP contribution < -0.4 is 10.1 Å². The first-order valence-corrected chi connectivity index (χ1v) is 8.51. The van der Waals surface area contributed by atoms with Crippen LogP contribution in [0, 0.1) is 0 Å². The van der Waals surface area contributed by atoms with Crippen molar-refractivity contribution in [2.45, 2.75) is 37.1 Å². The Bertz CT molecular complexity index is 672. The lowest BCUT2D eigenvalue weighted by Crippen LogP contribution is -2.42. The van der Waals surface area contributed by atoms with E-state index in [0.29, 0.717) is 18.0 Å². The number of piperidine rings is 1. The van der Waals surface area contributed by atoms with Crippen molar-refractivity contribution in [3.63, 3.8) is 0 Å². The van der Waals surface area contributed by atoms with Crippen molar-refractivity contribution in [3.8, 4) is 5.75 Å². The molecule has 0 bridgehead atoms. The third-order valence-corrected chi connectivity index (χ3v) is 5.94. The monoisotopic (exact) mass is 310 g/mol. The van der Waals surface area contributed by atoms with E-state index in [-0.39, 0.29) is 23.5 Å². The van der Waals surface area contributed by atoms with Gasteiger partial charge in [0.2, 0.25) is 10.0 Å². The van der Waals surface area contributed by atoms with Gasteiger partial charge in [0.15, 0.2) is 6.61 Å². The van der Waals surface area contributed by atoms with Gasteiger partial charge in [0.05, 0.1) is 10.6 Å². The molecule has 6 nitrogen and oxygen atoms in total. The minimum atomic E-state index is -3.54. The van der Waals surface area contributed by atoms with Crippen LogP contribution in [0.2, 0.25) is 0 Å². The summed E-state index contributed by atoms with van der Waals surface area (Å²) < 4.78 is 32.3.